The fourth-order valence-electron chi connectivity index (χ4n) is 3.69. The monoisotopic (exact) mass is 462 g/mol. The molecule has 3 heterocycles. The minimum atomic E-state index is -0.647. The fraction of sp³-hybridized carbons (Fsp3) is 0.348. The van der Waals surface area contributed by atoms with E-state index in [1.807, 2.05) is 33.8 Å². The van der Waals surface area contributed by atoms with Crippen molar-refractivity contribution < 1.29 is 4.79 Å². The third-order valence-corrected chi connectivity index (χ3v) is 5.33. The highest BCUT2D eigenvalue weighted by Crippen LogP contribution is 2.22. The van der Waals surface area contributed by atoms with Gasteiger partial charge in [-0.15, -0.1) is 5.10 Å². The molecule has 0 aliphatic carbocycles. The third kappa shape index (κ3) is 4.36. The summed E-state index contributed by atoms with van der Waals surface area (Å²) < 4.78 is 2.97. The minimum absolute atomic E-state index is 0.0241. The van der Waals surface area contributed by atoms with E-state index in [9.17, 15) is 14.4 Å². The maximum absolute atomic E-state index is 13.4. The summed E-state index contributed by atoms with van der Waals surface area (Å²) in [6, 6.07) is 8.65. The van der Waals surface area contributed by atoms with E-state index in [0.717, 1.165) is 0 Å². The Morgan fingerprint density at radius 2 is 1.91 bits per heavy atom. The van der Waals surface area contributed by atoms with Gasteiger partial charge in [0.25, 0.3) is 11.5 Å². The number of nitrogens with zero attached hydrogens (tertiary/aromatic N) is 6. The van der Waals surface area contributed by atoms with Gasteiger partial charge in [0, 0.05) is 17.9 Å². The molecule has 0 aliphatic rings. The topological polar surface area (TPSA) is 140 Å². The number of aromatic nitrogens is 7. The van der Waals surface area contributed by atoms with Crippen LogP contribution in [0.1, 0.15) is 55.5 Å². The summed E-state index contributed by atoms with van der Waals surface area (Å²) in [5.74, 6) is 0.218. The Kier molecular flexibility index (Phi) is 6.10. The van der Waals surface area contributed by atoms with Crippen LogP contribution in [0.25, 0.3) is 16.7 Å². The van der Waals surface area contributed by atoms with E-state index in [1.165, 1.54) is 4.57 Å². The number of aryl methyl sites for hydroxylation is 1. The van der Waals surface area contributed by atoms with Gasteiger partial charge in [-0.05, 0) is 53.5 Å². The first-order valence-corrected chi connectivity index (χ1v) is 11.0. The normalized spacial score (nSPS) is 11.5. The van der Waals surface area contributed by atoms with Gasteiger partial charge in [0.2, 0.25) is 0 Å². The highest BCUT2D eigenvalue weighted by molar-refractivity contribution is 6.12. The molecule has 0 spiro atoms. The molecule has 0 unspecified atom stereocenters. The largest absolute Gasteiger partial charge is 0.330 e. The van der Waals surface area contributed by atoms with Crippen molar-refractivity contribution in [1.82, 2.24) is 34.7 Å². The number of nitrogens with one attached hydrogen (secondary N) is 2. The zero-order valence-corrected chi connectivity index (χ0v) is 19.7. The molecule has 3 aromatic heterocycles. The average Bonchev–Trinajstić information content (AvgIpc) is 3.21. The summed E-state index contributed by atoms with van der Waals surface area (Å²) in [6.07, 6.45) is 0. The molecule has 0 aliphatic heterocycles. The van der Waals surface area contributed by atoms with E-state index >= 15 is 0 Å². The first-order valence-electron chi connectivity index (χ1n) is 11.0. The Bertz CT molecular complexity index is 1500. The van der Waals surface area contributed by atoms with Crippen molar-refractivity contribution >= 4 is 22.6 Å². The molecule has 11 nitrogen and oxygen atoms in total. The van der Waals surface area contributed by atoms with Crippen LogP contribution in [0.4, 0.5) is 5.69 Å². The lowest BCUT2D eigenvalue weighted by molar-refractivity contribution is 0.102. The molecule has 1 amide bonds. The van der Waals surface area contributed by atoms with E-state index < -0.39 is 17.2 Å². The number of rotatable bonds is 6. The van der Waals surface area contributed by atoms with Crippen molar-refractivity contribution in [3.8, 4) is 5.69 Å². The van der Waals surface area contributed by atoms with Crippen LogP contribution < -0.4 is 16.6 Å². The Morgan fingerprint density at radius 3 is 2.56 bits per heavy atom. The number of H-pyrrole nitrogens is 1. The number of anilines is 1. The number of tetrazole rings is 1. The highest BCUT2D eigenvalue weighted by atomic mass is 16.2. The molecule has 4 rings (SSSR count). The van der Waals surface area contributed by atoms with Gasteiger partial charge in [0.1, 0.15) is 0 Å². The summed E-state index contributed by atoms with van der Waals surface area (Å²) in [5.41, 5.74) is 0.944. The molecule has 0 atom stereocenters. The number of hydrogen-bond acceptors (Lipinski definition) is 7. The van der Waals surface area contributed by atoms with Gasteiger partial charge < -0.3 is 5.32 Å². The number of benzene rings is 1. The van der Waals surface area contributed by atoms with Crippen LogP contribution in [0, 0.1) is 12.8 Å². The Morgan fingerprint density at radius 1 is 1.15 bits per heavy atom. The van der Waals surface area contributed by atoms with Gasteiger partial charge in [-0.3, -0.25) is 19.1 Å². The second-order valence-electron chi connectivity index (χ2n) is 8.85. The molecule has 1 aromatic carbocycles. The number of carbonyl (C=O) groups is 1. The van der Waals surface area contributed by atoms with Crippen molar-refractivity contribution in [2.24, 2.45) is 5.92 Å². The lowest BCUT2D eigenvalue weighted by atomic mass is 10.0. The summed E-state index contributed by atoms with van der Waals surface area (Å²) in [5, 5.41) is 14.4. The van der Waals surface area contributed by atoms with Crippen molar-refractivity contribution in [3.05, 3.63) is 68.3 Å². The molecule has 0 saturated carbocycles. The van der Waals surface area contributed by atoms with Crippen molar-refractivity contribution in [2.75, 3.05) is 5.32 Å². The second kappa shape index (κ2) is 9.00. The molecule has 0 bridgehead atoms. The minimum Gasteiger partial charge on any atom is -0.322 e. The Balaban J connectivity index is 1.84. The van der Waals surface area contributed by atoms with Crippen LogP contribution >= 0.6 is 0 Å². The molecule has 0 radical (unpaired) electrons. The van der Waals surface area contributed by atoms with Crippen LogP contribution in [0.2, 0.25) is 0 Å². The van der Waals surface area contributed by atoms with Crippen LogP contribution in [0.5, 0.6) is 0 Å². The third-order valence-electron chi connectivity index (χ3n) is 5.33. The second-order valence-corrected chi connectivity index (χ2v) is 8.85. The Hall–Kier alpha value is -4.15. The summed E-state index contributed by atoms with van der Waals surface area (Å²) >= 11 is 0. The van der Waals surface area contributed by atoms with Gasteiger partial charge in [0.05, 0.1) is 16.6 Å². The van der Waals surface area contributed by atoms with Crippen LogP contribution in [-0.2, 0) is 6.54 Å². The van der Waals surface area contributed by atoms with E-state index in [4.69, 9.17) is 0 Å². The van der Waals surface area contributed by atoms with Crippen LogP contribution in [-0.4, -0.2) is 40.6 Å². The van der Waals surface area contributed by atoms with Gasteiger partial charge >= 0.3 is 5.69 Å². The zero-order valence-electron chi connectivity index (χ0n) is 19.7. The lowest BCUT2D eigenvalue weighted by Crippen LogP contribution is -2.33. The van der Waals surface area contributed by atoms with E-state index in [-0.39, 0.29) is 28.4 Å². The maximum Gasteiger partial charge on any atom is 0.330 e. The zero-order chi connectivity index (χ0) is 24.6. The predicted molar refractivity (Wildman–Crippen MR) is 127 cm³/mol. The molecular formula is C23H26N8O3. The molecule has 0 saturated heterocycles. The quantitative estimate of drug-likeness (QED) is 0.448. The van der Waals surface area contributed by atoms with Gasteiger partial charge in [-0.1, -0.05) is 33.8 Å². The first-order chi connectivity index (χ1) is 16.2. The van der Waals surface area contributed by atoms with Gasteiger partial charge in [-0.2, -0.15) is 4.68 Å². The van der Waals surface area contributed by atoms with E-state index in [1.54, 1.807) is 35.9 Å². The van der Waals surface area contributed by atoms with E-state index in [2.05, 4.69) is 30.8 Å². The maximum atomic E-state index is 13.4. The summed E-state index contributed by atoms with van der Waals surface area (Å²) in [7, 11) is 0. The number of hydrogen-bond donors (Lipinski definition) is 2. The summed E-state index contributed by atoms with van der Waals surface area (Å²) in [4.78, 5) is 45.7. The number of pyridine rings is 1. The lowest BCUT2D eigenvalue weighted by Gasteiger charge is -2.16. The molecule has 11 heteroatoms. The number of carbonyl (C=O) groups excluding carboxylic acids is 1. The highest BCUT2D eigenvalue weighted by Gasteiger charge is 2.21. The van der Waals surface area contributed by atoms with E-state index in [0.29, 0.717) is 29.4 Å². The fourth-order valence-corrected chi connectivity index (χ4v) is 3.69. The van der Waals surface area contributed by atoms with Crippen LogP contribution in [0.15, 0.2) is 39.9 Å². The molecule has 2 N–H and O–H groups in total. The number of amides is 1. The smallest absolute Gasteiger partial charge is 0.322 e. The SMILES string of the molecule is Cc1nnnn1-c1cccc(NC(=O)c2cc(C(C)C)nc3c2c(=O)[nH]c(=O)n3CC(C)C)c1. The van der Waals surface area contributed by atoms with Crippen LogP contribution in [0.3, 0.4) is 0 Å². The molecule has 0 fully saturated rings. The molecular weight excluding hydrogens is 436 g/mol. The van der Waals surface area contributed by atoms with Gasteiger partial charge in [0.15, 0.2) is 11.5 Å². The standard InChI is InChI=1S/C23H26N8O3/c1-12(2)11-30-20-19(22(33)26-23(30)34)17(10-18(25-20)13(3)4)21(32)24-15-7-6-8-16(9-15)31-14(5)27-28-29-31/h6-10,12-13H,11H2,1-5H3,(H,24,32)(H,26,33,34). The molecule has 34 heavy (non-hydrogen) atoms. The Labute approximate surface area is 194 Å². The van der Waals surface area contributed by atoms with Crippen molar-refractivity contribution in [3.63, 3.8) is 0 Å². The van der Waals surface area contributed by atoms with Gasteiger partial charge in [-0.25, -0.2) is 9.78 Å². The number of fused-ring (bicyclic) bond motifs is 1. The molecule has 4 aromatic rings. The number of aromatic amines is 1. The van der Waals surface area contributed by atoms with Crippen molar-refractivity contribution in [2.45, 2.75) is 47.1 Å². The summed E-state index contributed by atoms with van der Waals surface area (Å²) in [6.45, 7) is 9.92. The van der Waals surface area contributed by atoms with Crippen molar-refractivity contribution in [1.29, 1.82) is 0 Å². The first kappa shape index (κ1) is 23.0. The predicted octanol–water partition coefficient (Wildman–Crippen LogP) is 2.40. The molecule has 176 valence electrons. The average molecular weight is 463 g/mol.